The predicted molar refractivity (Wildman–Crippen MR) is 63.8 cm³/mol. The number of hydrogen-bond donors (Lipinski definition) is 2. The molecule has 1 fully saturated rings. The lowest BCUT2D eigenvalue weighted by molar-refractivity contribution is 0.299. The zero-order valence-electron chi connectivity index (χ0n) is 9.49. The molecule has 2 N–H and O–H groups in total. The number of thioether (sulfide) groups is 1. The zero-order chi connectivity index (χ0) is 11.3. The fraction of sp³-hybridized carbons (Fsp3) is 0.909. The van der Waals surface area contributed by atoms with E-state index in [4.69, 9.17) is 5.11 Å². The van der Waals surface area contributed by atoms with Crippen molar-refractivity contribution in [2.24, 2.45) is 5.92 Å². The maximum atomic E-state index is 9.32. The van der Waals surface area contributed by atoms with Crippen LogP contribution in [0.1, 0.15) is 26.7 Å². The Morgan fingerprint density at radius 3 is 2.73 bits per heavy atom. The Hall–Kier alpha value is -0.240. The van der Waals surface area contributed by atoms with Crippen molar-refractivity contribution in [2.75, 3.05) is 18.9 Å². The number of rotatable bonds is 7. The number of hydrogen-bond acceptors (Lipinski definition) is 4. The van der Waals surface area contributed by atoms with Crippen LogP contribution in [0.4, 0.5) is 0 Å². The number of nitrogens with zero attached hydrogens (tertiary/aromatic N) is 1. The Bertz CT molecular complexity index is 237. The highest BCUT2D eigenvalue weighted by Crippen LogP contribution is 2.41. The van der Waals surface area contributed by atoms with Gasteiger partial charge in [-0.2, -0.15) is 17.0 Å². The van der Waals surface area contributed by atoms with Crippen LogP contribution in [0, 0.1) is 17.2 Å². The Balaban J connectivity index is 2.52. The van der Waals surface area contributed by atoms with Crippen LogP contribution < -0.4 is 5.32 Å². The van der Waals surface area contributed by atoms with E-state index >= 15 is 0 Å². The van der Waals surface area contributed by atoms with Gasteiger partial charge in [0.15, 0.2) is 0 Å². The van der Waals surface area contributed by atoms with Crippen LogP contribution in [-0.2, 0) is 0 Å². The summed E-state index contributed by atoms with van der Waals surface area (Å²) in [6.45, 7) is 5.04. The summed E-state index contributed by atoms with van der Waals surface area (Å²) >= 11 is 1.68. The lowest BCUT2D eigenvalue weighted by Gasteiger charge is -2.28. The number of nitrogens with one attached hydrogen (secondary N) is 1. The molecule has 0 aromatic heterocycles. The van der Waals surface area contributed by atoms with E-state index in [-0.39, 0.29) is 17.4 Å². The smallest absolute Gasteiger partial charge is 0.118 e. The van der Waals surface area contributed by atoms with Gasteiger partial charge in [-0.05, 0) is 25.3 Å². The molecule has 0 bridgehead atoms. The summed E-state index contributed by atoms with van der Waals surface area (Å²) < 4.78 is 0. The van der Waals surface area contributed by atoms with Crippen LogP contribution in [0.15, 0.2) is 0 Å². The molecule has 2 atom stereocenters. The molecule has 0 aliphatic heterocycles. The summed E-state index contributed by atoms with van der Waals surface area (Å²) in [5.41, 5.74) is -0.358. The van der Waals surface area contributed by atoms with Crippen LogP contribution >= 0.6 is 11.8 Å². The number of nitriles is 1. The van der Waals surface area contributed by atoms with Gasteiger partial charge in [-0.1, -0.05) is 13.8 Å². The average Bonchev–Trinajstić information content (AvgIpc) is 3.08. The van der Waals surface area contributed by atoms with E-state index in [0.717, 1.165) is 25.1 Å². The summed E-state index contributed by atoms with van der Waals surface area (Å²) in [6, 6.07) is 2.44. The first-order chi connectivity index (χ1) is 7.18. The largest absolute Gasteiger partial charge is 0.395 e. The van der Waals surface area contributed by atoms with Crippen LogP contribution in [0.3, 0.4) is 0 Å². The minimum Gasteiger partial charge on any atom is -0.395 e. The zero-order valence-corrected chi connectivity index (χ0v) is 10.3. The minimum atomic E-state index is -0.358. The van der Waals surface area contributed by atoms with Crippen molar-refractivity contribution in [1.82, 2.24) is 5.32 Å². The normalized spacial score (nSPS) is 21.7. The summed E-state index contributed by atoms with van der Waals surface area (Å²) in [5.74, 6) is 1.30. The van der Waals surface area contributed by atoms with Crippen LogP contribution in [0.2, 0.25) is 0 Å². The second kappa shape index (κ2) is 5.74. The topological polar surface area (TPSA) is 56.0 Å². The molecule has 1 rings (SSSR count). The van der Waals surface area contributed by atoms with Crippen molar-refractivity contribution >= 4 is 11.8 Å². The Morgan fingerprint density at radius 1 is 1.67 bits per heavy atom. The van der Waals surface area contributed by atoms with Gasteiger partial charge in [0.25, 0.3) is 0 Å². The molecule has 15 heavy (non-hydrogen) atoms. The summed E-state index contributed by atoms with van der Waals surface area (Å²) in [7, 11) is 0. The summed E-state index contributed by atoms with van der Waals surface area (Å²) in [4.78, 5) is 0. The van der Waals surface area contributed by atoms with Gasteiger partial charge in [0.05, 0.1) is 12.7 Å². The van der Waals surface area contributed by atoms with Crippen molar-refractivity contribution in [3.05, 3.63) is 0 Å². The monoisotopic (exact) mass is 228 g/mol. The third-order valence-electron chi connectivity index (χ3n) is 2.82. The molecule has 1 saturated carbocycles. The van der Waals surface area contributed by atoms with Crippen molar-refractivity contribution < 1.29 is 5.11 Å². The summed E-state index contributed by atoms with van der Waals surface area (Å²) in [5, 5.41) is 21.8. The third kappa shape index (κ3) is 3.37. The Kier molecular flexibility index (Phi) is 4.91. The Labute approximate surface area is 96.2 Å². The molecule has 86 valence electrons. The molecule has 1 aliphatic rings. The fourth-order valence-electron chi connectivity index (χ4n) is 1.69. The molecule has 0 aromatic carbocycles. The molecule has 0 saturated heterocycles. The highest BCUT2D eigenvalue weighted by atomic mass is 32.2. The molecule has 2 unspecified atom stereocenters. The van der Waals surface area contributed by atoms with Gasteiger partial charge in [0, 0.05) is 11.0 Å². The second-order valence-corrected chi connectivity index (χ2v) is 5.62. The lowest BCUT2D eigenvalue weighted by Crippen LogP contribution is -2.48. The SMILES string of the molecule is CCNC(C#N)(CSC(C)CO)C1CC1. The van der Waals surface area contributed by atoms with Crippen molar-refractivity contribution in [1.29, 1.82) is 5.26 Å². The molecule has 0 amide bonds. The van der Waals surface area contributed by atoms with Crippen LogP contribution in [-0.4, -0.2) is 34.8 Å². The molecule has 0 spiro atoms. The van der Waals surface area contributed by atoms with Crippen LogP contribution in [0.25, 0.3) is 0 Å². The van der Waals surface area contributed by atoms with E-state index in [1.165, 1.54) is 0 Å². The first-order valence-electron chi connectivity index (χ1n) is 5.57. The predicted octanol–water partition coefficient (Wildman–Crippen LogP) is 1.38. The molecule has 0 aromatic rings. The van der Waals surface area contributed by atoms with Gasteiger partial charge >= 0.3 is 0 Å². The van der Waals surface area contributed by atoms with Gasteiger partial charge in [0.1, 0.15) is 5.54 Å². The molecular formula is C11H20N2OS. The highest BCUT2D eigenvalue weighted by Gasteiger charge is 2.45. The fourth-order valence-corrected chi connectivity index (χ4v) is 2.75. The van der Waals surface area contributed by atoms with E-state index in [1.807, 2.05) is 13.8 Å². The first kappa shape index (κ1) is 12.8. The number of aliphatic hydroxyl groups excluding tert-OH is 1. The van der Waals surface area contributed by atoms with Gasteiger partial charge in [-0.15, -0.1) is 0 Å². The second-order valence-electron chi connectivity index (χ2n) is 4.19. The van der Waals surface area contributed by atoms with Gasteiger partial charge in [-0.25, -0.2) is 0 Å². The van der Waals surface area contributed by atoms with E-state index in [1.54, 1.807) is 11.8 Å². The van der Waals surface area contributed by atoms with Gasteiger partial charge < -0.3 is 5.11 Å². The lowest BCUT2D eigenvalue weighted by atomic mass is 9.98. The average molecular weight is 228 g/mol. The minimum absolute atomic E-state index is 0.183. The van der Waals surface area contributed by atoms with Crippen molar-refractivity contribution in [2.45, 2.75) is 37.5 Å². The quantitative estimate of drug-likeness (QED) is 0.691. The van der Waals surface area contributed by atoms with E-state index in [2.05, 4.69) is 11.4 Å². The molecule has 0 heterocycles. The molecular weight excluding hydrogens is 208 g/mol. The van der Waals surface area contributed by atoms with E-state index in [0.29, 0.717) is 5.92 Å². The van der Waals surface area contributed by atoms with E-state index in [9.17, 15) is 5.26 Å². The van der Waals surface area contributed by atoms with Gasteiger partial charge in [0.2, 0.25) is 0 Å². The highest BCUT2D eigenvalue weighted by molar-refractivity contribution is 8.00. The molecule has 1 aliphatic carbocycles. The maximum absolute atomic E-state index is 9.32. The third-order valence-corrected chi connectivity index (χ3v) is 4.16. The molecule has 4 heteroatoms. The van der Waals surface area contributed by atoms with Crippen LogP contribution in [0.5, 0.6) is 0 Å². The van der Waals surface area contributed by atoms with Gasteiger partial charge in [-0.3, -0.25) is 5.32 Å². The maximum Gasteiger partial charge on any atom is 0.118 e. The van der Waals surface area contributed by atoms with E-state index < -0.39 is 0 Å². The molecule has 0 radical (unpaired) electrons. The first-order valence-corrected chi connectivity index (χ1v) is 6.62. The molecule has 3 nitrogen and oxygen atoms in total. The standard InChI is InChI=1S/C11H20N2OS/c1-3-13-11(7-12,10-4-5-10)8-15-9(2)6-14/h9-10,13-14H,3-6,8H2,1-2H3. The Morgan fingerprint density at radius 2 is 2.33 bits per heavy atom. The van der Waals surface area contributed by atoms with Crippen molar-refractivity contribution in [3.63, 3.8) is 0 Å². The number of aliphatic hydroxyl groups is 1. The van der Waals surface area contributed by atoms with Crippen molar-refractivity contribution in [3.8, 4) is 6.07 Å². The summed E-state index contributed by atoms with van der Waals surface area (Å²) in [6.07, 6.45) is 2.32.